The molecule has 0 aliphatic rings. The molecule has 3 nitrogen and oxygen atoms in total. The van der Waals surface area contributed by atoms with E-state index in [0.717, 1.165) is 5.56 Å². The van der Waals surface area contributed by atoms with Gasteiger partial charge in [-0.05, 0) is 23.8 Å². The highest BCUT2D eigenvalue weighted by atomic mass is 19.3. The van der Waals surface area contributed by atoms with Crippen LogP contribution in [0.25, 0.3) is 0 Å². The zero-order valence-electron chi connectivity index (χ0n) is 11.2. The van der Waals surface area contributed by atoms with Crippen LogP contribution in [0.4, 0.5) is 8.78 Å². The van der Waals surface area contributed by atoms with Crippen molar-refractivity contribution in [1.82, 2.24) is 0 Å². The fraction of sp³-hybridized carbons (Fsp3) is 0.188. The SMILES string of the molecule is O=Cc1ccc(OCC(F)F)c(OCc2ccccc2)c1. The summed E-state index contributed by atoms with van der Waals surface area (Å²) in [4.78, 5) is 10.8. The molecule has 0 spiro atoms. The summed E-state index contributed by atoms with van der Waals surface area (Å²) in [6.45, 7) is -0.462. The molecule has 5 heteroatoms. The standard InChI is InChI=1S/C16H14F2O3/c17-16(18)11-21-14-7-6-13(9-19)8-15(14)20-10-12-4-2-1-3-5-12/h1-9,16H,10-11H2. The predicted molar refractivity (Wildman–Crippen MR) is 74.1 cm³/mol. The van der Waals surface area contributed by atoms with E-state index < -0.39 is 13.0 Å². The van der Waals surface area contributed by atoms with E-state index in [9.17, 15) is 13.6 Å². The number of carbonyl (C=O) groups excluding carboxylic acids is 1. The average Bonchev–Trinajstić information content (AvgIpc) is 2.52. The van der Waals surface area contributed by atoms with Crippen molar-refractivity contribution in [3.8, 4) is 11.5 Å². The van der Waals surface area contributed by atoms with Gasteiger partial charge in [0.2, 0.25) is 0 Å². The van der Waals surface area contributed by atoms with Crippen LogP contribution in [0.15, 0.2) is 48.5 Å². The molecule has 2 aromatic rings. The van der Waals surface area contributed by atoms with Gasteiger partial charge in [0.05, 0.1) is 0 Å². The quantitative estimate of drug-likeness (QED) is 0.730. The van der Waals surface area contributed by atoms with Crippen molar-refractivity contribution in [2.24, 2.45) is 0 Å². The number of carbonyl (C=O) groups is 1. The maximum Gasteiger partial charge on any atom is 0.272 e. The van der Waals surface area contributed by atoms with Gasteiger partial charge in [-0.1, -0.05) is 30.3 Å². The van der Waals surface area contributed by atoms with E-state index in [2.05, 4.69) is 0 Å². The van der Waals surface area contributed by atoms with Gasteiger partial charge in [0.1, 0.15) is 19.5 Å². The Hall–Kier alpha value is -2.43. The van der Waals surface area contributed by atoms with Crippen LogP contribution < -0.4 is 9.47 Å². The summed E-state index contributed by atoms with van der Waals surface area (Å²) in [5.41, 5.74) is 1.32. The molecule has 0 atom stereocenters. The Kier molecular flexibility index (Phi) is 5.26. The highest BCUT2D eigenvalue weighted by molar-refractivity contribution is 5.76. The highest BCUT2D eigenvalue weighted by Crippen LogP contribution is 2.29. The van der Waals surface area contributed by atoms with E-state index in [1.165, 1.54) is 18.2 Å². The first kappa shape index (κ1) is 15.0. The first-order chi connectivity index (χ1) is 10.2. The minimum Gasteiger partial charge on any atom is -0.485 e. The van der Waals surface area contributed by atoms with Gasteiger partial charge in [0, 0.05) is 5.56 Å². The minimum absolute atomic E-state index is 0.192. The van der Waals surface area contributed by atoms with Crippen LogP contribution in [0.5, 0.6) is 11.5 Å². The van der Waals surface area contributed by atoms with E-state index in [4.69, 9.17) is 9.47 Å². The second-order valence-corrected chi connectivity index (χ2v) is 4.30. The van der Waals surface area contributed by atoms with Gasteiger partial charge in [-0.3, -0.25) is 4.79 Å². The molecule has 0 bridgehead atoms. The maximum atomic E-state index is 12.2. The Morgan fingerprint density at radius 2 is 1.76 bits per heavy atom. The maximum absolute atomic E-state index is 12.2. The molecule has 0 aliphatic heterocycles. The molecule has 0 fully saturated rings. The third-order valence-corrected chi connectivity index (χ3v) is 2.71. The van der Waals surface area contributed by atoms with Gasteiger partial charge in [-0.15, -0.1) is 0 Å². The van der Waals surface area contributed by atoms with Crippen molar-refractivity contribution in [2.45, 2.75) is 13.0 Å². The van der Waals surface area contributed by atoms with Crippen molar-refractivity contribution in [3.05, 3.63) is 59.7 Å². The third kappa shape index (κ3) is 4.56. The summed E-state index contributed by atoms with van der Waals surface area (Å²) < 4.78 is 35.0. The van der Waals surface area contributed by atoms with E-state index in [0.29, 0.717) is 11.8 Å². The van der Waals surface area contributed by atoms with Crippen LogP contribution in [0.3, 0.4) is 0 Å². The van der Waals surface area contributed by atoms with E-state index in [1.807, 2.05) is 30.3 Å². The Labute approximate surface area is 121 Å². The summed E-state index contributed by atoms with van der Waals surface area (Å²) in [5.74, 6) is 0.459. The number of hydrogen-bond acceptors (Lipinski definition) is 3. The molecule has 0 N–H and O–H groups in total. The fourth-order valence-electron chi connectivity index (χ4n) is 1.72. The van der Waals surface area contributed by atoms with Crippen LogP contribution >= 0.6 is 0 Å². The smallest absolute Gasteiger partial charge is 0.272 e. The van der Waals surface area contributed by atoms with Gasteiger partial charge in [0.25, 0.3) is 6.43 Å². The van der Waals surface area contributed by atoms with Crippen molar-refractivity contribution in [3.63, 3.8) is 0 Å². The molecule has 21 heavy (non-hydrogen) atoms. The predicted octanol–water partition coefficient (Wildman–Crippen LogP) is 3.72. The molecule has 0 aromatic heterocycles. The lowest BCUT2D eigenvalue weighted by molar-refractivity contribution is 0.0797. The molecule has 0 unspecified atom stereocenters. The first-order valence-corrected chi connectivity index (χ1v) is 6.36. The van der Waals surface area contributed by atoms with Crippen molar-refractivity contribution in [2.75, 3.05) is 6.61 Å². The first-order valence-electron chi connectivity index (χ1n) is 6.36. The number of halogens is 2. The largest absolute Gasteiger partial charge is 0.485 e. The molecule has 110 valence electrons. The number of aldehydes is 1. The van der Waals surface area contributed by atoms with Gasteiger partial charge < -0.3 is 9.47 Å². The Balaban J connectivity index is 2.12. The van der Waals surface area contributed by atoms with Gasteiger partial charge in [0.15, 0.2) is 11.5 Å². The number of rotatable bonds is 7. The Bertz CT molecular complexity index is 585. The molecule has 0 heterocycles. The molecule has 0 saturated heterocycles. The molecular weight excluding hydrogens is 278 g/mol. The molecule has 0 radical (unpaired) electrons. The summed E-state index contributed by atoms with van der Waals surface area (Å²) in [7, 11) is 0. The molecule has 0 saturated carbocycles. The second kappa shape index (κ2) is 7.38. The minimum atomic E-state index is -2.57. The average molecular weight is 292 g/mol. The lowest BCUT2D eigenvalue weighted by atomic mass is 10.2. The summed E-state index contributed by atoms with van der Waals surface area (Å²) in [6, 6.07) is 13.8. The van der Waals surface area contributed by atoms with Crippen molar-refractivity contribution >= 4 is 6.29 Å². The Morgan fingerprint density at radius 1 is 1.00 bits per heavy atom. The second-order valence-electron chi connectivity index (χ2n) is 4.30. The number of alkyl halides is 2. The van der Waals surface area contributed by atoms with Crippen molar-refractivity contribution < 1.29 is 23.0 Å². The fourth-order valence-corrected chi connectivity index (χ4v) is 1.72. The van der Waals surface area contributed by atoms with Crippen LogP contribution in [-0.2, 0) is 6.61 Å². The normalized spacial score (nSPS) is 10.4. The molecule has 2 rings (SSSR count). The molecular formula is C16H14F2O3. The zero-order valence-corrected chi connectivity index (χ0v) is 11.2. The van der Waals surface area contributed by atoms with Crippen LogP contribution in [-0.4, -0.2) is 19.3 Å². The summed E-state index contributed by atoms with van der Waals surface area (Å²) in [5, 5.41) is 0. The lowest BCUT2D eigenvalue weighted by Gasteiger charge is -2.13. The molecule has 0 aliphatic carbocycles. The van der Waals surface area contributed by atoms with Crippen LogP contribution in [0, 0.1) is 0 Å². The van der Waals surface area contributed by atoms with Crippen molar-refractivity contribution in [1.29, 1.82) is 0 Å². The lowest BCUT2D eigenvalue weighted by Crippen LogP contribution is -2.08. The number of benzene rings is 2. The van der Waals surface area contributed by atoms with E-state index in [-0.39, 0.29) is 18.1 Å². The van der Waals surface area contributed by atoms with E-state index >= 15 is 0 Å². The van der Waals surface area contributed by atoms with Crippen LogP contribution in [0.1, 0.15) is 15.9 Å². The monoisotopic (exact) mass is 292 g/mol. The topological polar surface area (TPSA) is 35.5 Å². The van der Waals surface area contributed by atoms with E-state index in [1.54, 1.807) is 0 Å². The van der Waals surface area contributed by atoms with Gasteiger partial charge >= 0.3 is 0 Å². The zero-order chi connectivity index (χ0) is 15.1. The highest BCUT2D eigenvalue weighted by Gasteiger charge is 2.10. The molecule has 2 aromatic carbocycles. The third-order valence-electron chi connectivity index (χ3n) is 2.71. The molecule has 0 amide bonds. The number of ether oxygens (including phenoxy) is 2. The van der Waals surface area contributed by atoms with Crippen LogP contribution in [0.2, 0.25) is 0 Å². The van der Waals surface area contributed by atoms with Gasteiger partial charge in [-0.2, -0.15) is 0 Å². The summed E-state index contributed by atoms with van der Waals surface area (Å²) >= 11 is 0. The Morgan fingerprint density at radius 3 is 2.43 bits per heavy atom. The van der Waals surface area contributed by atoms with Gasteiger partial charge in [-0.25, -0.2) is 8.78 Å². The summed E-state index contributed by atoms with van der Waals surface area (Å²) in [6.07, 6.45) is -1.91. The number of hydrogen-bond donors (Lipinski definition) is 0.